The first-order chi connectivity index (χ1) is 10.1. The number of rotatable bonds is 7. The summed E-state index contributed by atoms with van der Waals surface area (Å²) >= 11 is 0. The molecule has 0 bridgehead atoms. The minimum Gasteiger partial charge on any atom is -0.396 e. The monoisotopic (exact) mass is 315 g/mol. The van der Waals surface area contributed by atoms with Gasteiger partial charge in [0, 0.05) is 31.9 Å². The summed E-state index contributed by atoms with van der Waals surface area (Å²) in [7, 11) is -3.47. The van der Waals surface area contributed by atoms with Gasteiger partial charge in [0.15, 0.2) is 0 Å². The van der Waals surface area contributed by atoms with Crippen LogP contribution in [0.4, 0.5) is 0 Å². The zero-order valence-electron chi connectivity index (χ0n) is 12.6. The van der Waals surface area contributed by atoms with E-state index in [0.717, 1.165) is 25.7 Å². The van der Waals surface area contributed by atoms with Crippen LogP contribution >= 0.6 is 0 Å². The van der Waals surface area contributed by atoms with Gasteiger partial charge >= 0.3 is 0 Å². The van der Waals surface area contributed by atoms with Gasteiger partial charge in [0.2, 0.25) is 10.0 Å². The van der Waals surface area contributed by atoms with E-state index in [1.165, 1.54) is 12.6 Å². The molecule has 21 heavy (non-hydrogen) atoms. The average molecular weight is 315 g/mol. The Bertz CT molecular complexity index is 535. The molecule has 6 nitrogen and oxygen atoms in total. The molecule has 1 saturated carbocycles. The van der Waals surface area contributed by atoms with E-state index >= 15 is 0 Å². The molecule has 0 aromatic carbocycles. The van der Waals surface area contributed by atoms with Crippen molar-refractivity contribution >= 4 is 10.0 Å². The molecule has 1 aliphatic rings. The van der Waals surface area contributed by atoms with Crippen molar-refractivity contribution in [1.29, 1.82) is 0 Å². The van der Waals surface area contributed by atoms with Crippen molar-refractivity contribution in [2.24, 2.45) is 0 Å². The molecule has 0 radical (unpaired) electrons. The third-order valence-corrected chi connectivity index (χ3v) is 6.04. The van der Waals surface area contributed by atoms with Crippen LogP contribution in [0, 0.1) is 0 Å². The van der Waals surface area contributed by atoms with Gasteiger partial charge in [-0.2, -0.15) is 9.40 Å². The molecule has 1 heterocycles. The van der Waals surface area contributed by atoms with E-state index in [0.29, 0.717) is 19.5 Å². The minimum atomic E-state index is -3.47. The Balaban J connectivity index is 2.16. The summed E-state index contributed by atoms with van der Waals surface area (Å²) in [6.45, 7) is 2.99. The smallest absolute Gasteiger partial charge is 0.246 e. The van der Waals surface area contributed by atoms with Gasteiger partial charge in [-0.1, -0.05) is 26.2 Å². The molecular formula is C14H25N3O3S. The van der Waals surface area contributed by atoms with Crippen LogP contribution in [0.3, 0.4) is 0 Å². The second kappa shape index (κ2) is 7.38. The molecule has 7 heteroatoms. The Morgan fingerprint density at radius 3 is 2.71 bits per heavy atom. The van der Waals surface area contributed by atoms with E-state index in [1.54, 1.807) is 15.2 Å². The van der Waals surface area contributed by atoms with Crippen molar-refractivity contribution in [3.8, 4) is 0 Å². The highest BCUT2D eigenvalue weighted by Crippen LogP contribution is 2.27. The summed E-state index contributed by atoms with van der Waals surface area (Å²) in [5.41, 5.74) is 0. The Labute approximate surface area is 126 Å². The van der Waals surface area contributed by atoms with Crippen molar-refractivity contribution in [3.63, 3.8) is 0 Å². The first-order valence-electron chi connectivity index (χ1n) is 7.74. The van der Waals surface area contributed by atoms with Gasteiger partial charge in [0.05, 0.1) is 6.20 Å². The number of aromatic nitrogens is 2. The Hall–Kier alpha value is -0.920. The average Bonchev–Trinajstić information content (AvgIpc) is 2.96. The summed E-state index contributed by atoms with van der Waals surface area (Å²) in [5, 5.41) is 12.9. The van der Waals surface area contributed by atoms with Crippen molar-refractivity contribution in [2.75, 3.05) is 13.2 Å². The number of nitrogens with zero attached hydrogens (tertiary/aromatic N) is 3. The lowest BCUT2D eigenvalue weighted by Gasteiger charge is -2.32. The highest BCUT2D eigenvalue weighted by Gasteiger charge is 2.31. The Kier molecular flexibility index (Phi) is 5.78. The van der Waals surface area contributed by atoms with Crippen LogP contribution in [-0.4, -0.2) is 46.8 Å². The Morgan fingerprint density at radius 1 is 1.38 bits per heavy atom. The first kappa shape index (κ1) is 16.5. The number of aliphatic hydroxyl groups is 1. The van der Waals surface area contributed by atoms with Gasteiger partial charge in [0.1, 0.15) is 4.90 Å². The number of aliphatic hydroxyl groups excluding tert-OH is 1. The van der Waals surface area contributed by atoms with Gasteiger partial charge in [-0.3, -0.25) is 4.68 Å². The molecule has 2 rings (SSSR count). The van der Waals surface area contributed by atoms with Gasteiger partial charge in [-0.25, -0.2) is 8.42 Å². The molecule has 1 aromatic heterocycles. The van der Waals surface area contributed by atoms with Gasteiger partial charge in [0.25, 0.3) is 0 Å². The maximum absolute atomic E-state index is 12.8. The summed E-state index contributed by atoms with van der Waals surface area (Å²) < 4.78 is 28.8. The molecule has 0 unspecified atom stereocenters. The molecule has 0 spiro atoms. The van der Waals surface area contributed by atoms with Crippen molar-refractivity contribution in [1.82, 2.24) is 14.1 Å². The summed E-state index contributed by atoms with van der Waals surface area (Å²) in [6.07, 6.45) is 8.86. The lowest BCUT2D eigenvalue weighted by molar-refractivity contribution is 0.261. The second-order valence-corrected chi connectivity index (χ2v) is 7.41. The fourth-order valence-electron chi connectivity index (χ4n) is 2.96. The fraction of sp³-hybridized carbons (Fsp3) is 0.786. The van der Waals surface area contributed by atoms with E-state index in [4.69, 9.17) is 5.11 Å². The highest BCUT2D eigenvalue weighted by atomic mass is 32.2. The molecule has 1 N–H and O–H groups in total. The van der Waals surface area contributed by atoms with E-state index in [1.807, 2.05) is 6.92 Å². The zero-order valence-corrected chi connectivity index (χ0v) is 13.4. The molecule has 0 aliphatic heterocycles. The van der Waals surface area contributed by atoms with Crippen LogP contribution in [0.25, 0.3) is 0 Å². The fourth-order valence-corrected chi connectivity index (χ4v) is 4.61. The maximum atomic E-state index is 12.8. The van der Waals surface area contributed by atoms with Crippen molar-refractivity contribution in [2.45, 2.75) is 62.9 Å². The van der Waals surface area contributed by atoms with E-state index in [-0.39, 0.29) is 17.5 Å². The lowest BCUT2D eigenvalue weighted by atomic mass is 9.95. The van der Waals surface area contributed by atoms with Crippen molar-refractivity contribution < 1.29 is 13.5 Å². The molecule has 0 saturated heterocycles. The maximum Gasteiger partial charge on any atom is 0.246 e. The van der Waals surface area contributed by atoms with Crippen LogP contribution < -0.4 is 0 Å². The third kappa shape index (κ3) is 3.84. The topological polar surface area (TPSA) is 75.4 Å². The van der Waals surface area contributed by atoms with Crippen LogP contribution in [0.1, 0.15) is 45.4 Å². The number of hydrogen-bond donors (Lipinski definition) is 1. The number of hydrogen-bond acceptors (Lipinski definition) is 4. The first-order valence-corrected chi connectivity index (χ1v) is 9.18. The molecule has 1 aliphatic carbocycles. The zero-order chi connectivity index (χ0) is 15.3. The molecular weight excluding hydrogens is 290 g/mol. The standard InChI is InChI=1S/C14H25N3O3S/c1-2-17(13-7-4-3-5-8-13)21(19,20)14-11-15-16(12-14)9-6-10-18/h11-13,18H,2-10H2,1H3. The lowest BCUT2D eigenvalue weighted by Crippen LogP contribution is -2.41. The quantitative estimate of drug-likeness (QED) is 0.829. The summed E-state index contributed by atoms with van der Waals surface area (Å²) in [5.74, 6) is 0. The van der Waals surface area contributed by atoms with E-state index < -0.39 is 10.0 Å². The summed E-state index contributed by atoms with van der Waals surface area (Å²) in [4.78, 5) is 0.257. The van der Waals surface area contributed by atoms with Gasteiger partial charge < -0.3 is 5.11 Å². The van der Waals surface area contributed by atoms with Gasteiger partial charge in [-0.05, 0) is 19.3 Å². The molecule has 0 amide bonds. The highest BCUT2D eigenvalue weighted by molar-refractivity contribution is 7.89. The van der Waals surface area contributed by atoms with Crippen LogP contribution in [0.15, 0.2) is 17.3 Å². The molecule has 0 atom stereocenters. The van der Waals surface area contributed by atoms with Crippen LogP contribution in [0.5, 0.6) is 0 Å². The normalized spacial score (nSPS) is 17.5. The predicted molar refractivity (Wildman–Crippen MR) is 80.4 cm³/mol. The number of sulfonamides is 1. The predicted octanol–water partition coefficient (Wildman–Crippen LogP) is 1.61. The van der Waals surface area contributed by atoms with Crippen LogP contribution in [0.2, 0.25) is 0 Å². The van der Waals surface area contributed by atoms with E-state index in [2.05, 4.69) is 5.10 Å². The SMILES string of the molecule is CCN(C1CCCCC1)S(=O)(=O)c1cnn(CCCO)c1. The molecule has 1 aromatic rings. The summed E-state index contributed by atoms with van der Waals surface area (Å²) in [6, 6.07) is 0.120. The molecule has 1 fully saturated rings. The second-order valence-electron chi connectivity index (χ2n) is 5.52. The van der Waals surface area contributed by atoms with Gasteiger partial charge in [-0.15, -0.1) is 0 Å². The minimum absolute atomic E-state index is 0.0745. The third-order valence-electron chi connectivity index (χ3n) is 4.06. The Morgan fingerprint density at radius 2 is 2.10 bits per heavy atom. The number of aryl methyl sites for hydroxylation is 1. The van der Waals surface area contributed by atoms with E-state index in [9.17, 15) is 8.42 Å². The largest absolute Gasteiger partial charge is 0.396 e. The molecule has 120 valence electrons. The van der Waals surface area contributed by atoms with Crippen LogP contribution in [-0.2, 0) is 16.6 Å². The van der Waals surface area contributed by atoms with Crippen molar-refractivity contribution in [3.05, 3.63) is 12.4 Å².